The van der Waals surface area contributed by atoms with E-state index in [1.807, 2.05) is 30.3 Å². The number of nitrogens with zero attached hydrogens (tertiary/aromatic N) is 1. The van der Waals surface area contributed by atoms with E-state index in [-0.39, 0.29) is 35.0 Å². The number of hydrogen-bond donors (Lipinski definition) is 3. The first-order chi connectivity index (χ1) is 16.9. The Balaban J connectivity index is 1.58. The molecule has 0 bridgehead atoms. The second-order valence-electron chi connectivity index (χ2n) is 9.45. The minimum absolute atomic E-state index is 0.0124. The maximum absolute atomic E-state index is 13.6. The van der Waals surface area contributed by atoms with Crippen LogP contribution in [0.3, 0.4) is 0 Å². The summed E-state index contributed by atoms with van der Waals surface area (Å²) < 4.78 is 5.20. The quantitative estimate of drug-likeness (QED) is 0.559. The van der Waals surface area contributed by atoms with Crippen molar-refractivity contribution in [1.29, 1.82) is 0 Å². The Bertz CT molecular complexity index is 1070. The van der Waals surface area contributed by atoms with E-state index >= 15 is 0 Å². The third-order valence-corrected chi connectivity index (χ3v) is 7.41. The average Bonchev–Trinajstić information content (AvgIpc) is 3.34. The molecule has 186 valence electrons. The van der Waals surface area contributed by atoms with Crippen molar-refractivity contribution in [1.82, 2.24) is 4.90 Å². The molecular formula is C27H33N3O5. The highest BCUT2D eigenvalue weighted by atomic mass is 16.5. The lowest BCUT2D eigenvalue weighted by molar-refractivity contribution is -0.141. The van der Waals surface area contributed by atoms with Crippen molar-refractivity contribution in [2.75, 3.05) is 25.5 Å². The smallest absolute Gasteiger partial charge is 0.339 e. The van der Waals surface area contributed by atoms with Crippen LogP contribution in [0.2, 0.25) is 0 Å². The van der Waals surface area contributed by atoms with Gasteiger partial charge in [-0.3, -0.25) is 9.59 Å². The number of hydrogen-bond acceptors (Lipinski definition) is 5. The summed E-state index contributed by atoms with van der Waals surface area (Å²) in [5.74, 6) is -0.939. The van der Waals surface area contributed by atoms with E-state index in [4.69, 9.17) is 10.5 Å². The van der Waals surface area contributed by atoms with Crippen molar-refractivity contribution in [3.63, 3.8) is 0 Å². The van der Waals surface area contributed by atoms with E-state index in [9.17, 15) is 19.5 Å². The molecule has 0 radical (unpaired) electrons. The van der Waals surface area contributed by atoms with E-state index < -0.39 is 12.0 Å². The number of likely N-dealkylation sites (tertiary alicyclic amines) is 1. The summed E-state index contributed by atoms with van der Waals surface area (Å²) in [6, 6.07) is 13.6. The van der Waals surface area contributed by atoms with E-state index in [1.54, 1.807) is 4.90 Å². The average molecular weight is 480 g/mol. The van der Waals surface area contributed by atoms with E-state index in [2.05, 4.69) is 5.32 Å². The number of carboxylic acids is 1. The molecule has 1 aliphatic carbocycles. The molecule has 35 heavy (non-hydrogen) atoms. The van der Waals surface area contributed by atoms with Gasteiger partial charge in [0.15, 0.2) is 0 Å². The van der Waals surface area contributed by atoms with Crippen LogP contribution in [0, 0.1) is 11.8 Å². The van der Waals surface area contributed by atoms with Gasteiger partial charge in [-0.1, -0.05) is 30.3 Å². The molecule has 1 aliphatic heterocycles. The van der Waals surface area contributed by atoms with Crippen molar-refractivity contribution >= 4 is 23.5 Å². The number of aromatic carboxylic acids is 1. The molecule has 0 unspecified atom stereocenters. The van der Waals surface area contributed by atoms with E-state index in [1.165, 1.54) is 25.3 Å². The van der Waals surface area contributed by atoms with Gasteiger partial charge in [-0.15, -0.1) is 0 Å². The Hall–Kier alpha value is -3.39. The fourth-order valence-electron chi connectivity index (χ4n) is 5.45. The summed E-state index contributed by atoms with van der Waals surface area (Å²) in [6.07, 6.45) is 4.18. The van der Waals surface area contributed by atoms with Gasteiger partial charge in [0.05, 0.1) is 7.11 Å². The third-order valence-electron chi connectivity index (χ3n) is 7.41. The molecule has 2 atom stereocenters. The van der Waals surface area contributed by atoms with Crippen LogP contribution in [0.15, 0.2) is 48.5 Å². The third kappa shape index (κ3) is 5.32. The number of amides is 2. The molecule has 2 aromatic rings. The molecule has 4 N–H and O–H groups in total. The van der Waals surface area contributed by atoms with E-state index in [0.717, 1.165) is 31.2 Å². The minimum Gasteiger partial charge on any atom is -0.496 e. The van der Waals surface area contributed by atoms with Gasteiger partial charge in [-0.25, -0.2) is 4.79 Å². The van der Waals surface area contributed by atoms with Crippen molar-refractivity contribution in [2.45, 2.75) is 44.1 Å². The number of methoxy groups -OCH3 is 1. The molecule has 2 aromatic carbocycles. The summed E-state index contributed by atoms with van der Waals surface area (Å²) >= 11 is 0. The molecule has 1 saturated heterocycles. The number of nitrogens with two attached hydrogens (primary N) is 1. The molecule has 1 heterocycles. The first kappa shape index (κ1) is 24.7. The number of anilines is 1. The number of carbonyl (C=O) groups is 3. The summed E-state index contributed by atoms with van der Waals surface area (Å²) in [4.78, 5) is 40.4. The number of ether oxygens (including phenoxy) is 1. The minimum atomic E-state index is -1.11. The normalized spacial score (nSPS) is 24.1. The zero-order valence-electron chi connectivity index (χ0n) is 20.0. The second kappa shape index (κ2) is 10.9. The van der Waals surface area contributed by atoms with Gasteiger partial charge >= 0.3 is 5.97 Å². The second-order valence-corrected chi connectivity index (χ2v) is 9.45. The topological polar surface area (TPSA) is 122 Å². The van der Waals surface area contributed by atoms with Gasteiger partial charge < -0.3 is 25.8 Å². The molecule has 2 aliphatic rings. The lowest BCUT2D eigenvalue weighted by Gasteiger charge is -2.33. The Morgan fingerprint density at radius 1 is 1.06 bits per heavy atom. The van der Waals surface area contributed by atoms with Crippen LogP contribution >= 0.6 is 0 Å². The number of benzene rings is 2. The SMILES string of the molecule is COc1cc(NC(=O)[C@@H]2[C@H](c3ccccc3)CCN2C(=O)[C@H]2CC[C@H](CN)CC2)ccc1C(=O)O. The molecule has 2 amide bonds. The zero-order chi connectivity index (χ0) is 24.9. The van der Waals surface area contributed by atoms with Crippen LogP contribution in [0.25, 0.3) is 0 Å². The summed E-state index contributed by atoms with van der Waals surface area (Å²) in [7, 11) is 1.38. The molecule has 1 saturated carbocycles. The first-order valence-corrected chi connectivity index (χ1v) is 12.2. The predicted octanol–water partition coefficient (Wildman–Crippen LogP) is 3.48. The van der Waals surface area contributed by atoms with Crippen molar-refractivity contribution < 1.29 is 24.2 Å². The van der Waals surface area contributed by atoms with Crippen LogP contribution in [0.4, 0.5) is 5.69 Å². The van der Waals surface area contributed by atoms with Crippen LogP contribution < -0.4 is 15.8 Å². The largest absolute Gasteiger partial charge is 0.496 e. The molecule has 0 aromatic heterocycles. The Morgan fingerprint density at radius 3 is 2.40 bits per heavy atom. The van der Waals surface area contributed by atoms with Gasteiger partial charge in [0.25, 0.3) is 0 Å². The number of nitrogens with one attached hydrogen (secondary N) is 1. The molecule has 0 spiro atoms. The lowest BCUT2D eigenvalue weighted by atomic mass is 9.81. The van der Waals surface area contributed by atoms with Gasteiger partial charge in [-0.2, -0.15) is 0 Å². The predicted molar refractivity (Wildman–Crippen MR) is 132 cm³/mol. The highest BCUT2D eigenvalue weighted by Gasteiger charge is 2.44. The summed E-state index contributed by atoms with van der Waals surface area (Å²) in [5.41, 5.74) is 7.28. The van der Waals surface area contributed by atoms with Gasteiger partial charge in [-0.05, 0) is 62.3 Å². The fraction of sp³-hybridized carbons (Fsp3) is 0.444. The monoisotopic (exact) mass is 479 g/mol. The van der Waals surface area contributed by atoms with Gasteiger partial charge in [0.1, 0.15) is 17.4 Å². The van der Waals surface area contributed by atoms with E-state index in [0.29, 0.717) is 31.1 Å². The molecule has 2 fully saturated rings. The fourth-order valence-corrected chi connectivity index (χ4v) is 5.45. The van der Waals surface area contributed by atoms with Gasteiger partial charge in [0.2, 0.25) is 11.8 Å². The zero-order valence-corrected chi connectivity index (χ0v) is 20.0. The maximum Gasteiger partial charge on any atom is 0.339 e. The Morgan fingerprint density at radius 2 is 1.77 bits per heavy atom. The molecule has 8 heteroatoms. The maximum atomic E-state index is 13.6. The van der Waals surface area contributed by atoms with Crippen LogP contribution in [-0.2, 0) is 9.59 Å². The van der Waals surface area contributed by atoms with Crippen LogP contribution in [0.5, 0.6) is 5.75 Å². The molecule has 8 nitrogen and oxygen atoms in total. The van der Waals surface area contributed by atoms with Crippen molar-refractivity contribution in [3.8, 4) is 5.75 Å². The van der Waals surface area contributed by atoms with Crippen molar-refractivity contribution in [3.05, 3.63) is 59.7 Å². The highest BCUT2D eigenvalue weighted by molar-refractivity contribution is 5.99. The standard InChI is InChI=1S/C27H33N3O5/c1-35-23-15-20(11-12-22(23)27(33)34)29-25(31)24-21(18-5-3-2-4-6-18)13-14-30(24)26(32)19-9-7-17(16-28)8-10-19/h2-6,11-12,15,17,19,21,24H,7-10,13-14,16,28H2,1H3,(H,29,31)(H,33,34)/t17-,19-,21-,24-/m0/s1. The number of carboxylic acid groups (broad SMARTS) is 1. The highest BCUT2D eigenvalue weighted by Crippen LogP contribution is 2.38. The molecular weight excluding hydrogens is 446 g/mol. The summed E-state index contributed by atoms with van der Waals surface area (Å²) in [5, 5.41) is 12.2. The van der Waals surface area contributed by atoms with Crippen LogP contribution in [0.1, 0.15) is 53.9 Å². The van der Waals surface area contributed by atoms with Crippen LogP contribution in [-0.4, -0.2) is 54.0 Å². The Kier molecular flexibility index (Phi) is 7.70. The first-order valence-electron chi connectivity index (χ1n) is 12.2. The molecule has 4 rings (SSSR count). The van der Waals surface area contributed by atoms with Gasteiger partial charge in [0, 0.05) is 30.1 Å². The number of rotatable bonds is 7. The lowest BCUT2D eigenvalue weighted by Crippen LogP contribution is -2.48. The van der Waals surface area contributed by atoms with Crippen molar-refractivity contribution in [2.24, 2.45) is 17.6 Å². The summed E-state index contributed by atoms with van der Waals surface area (Å²) in [6.45, 7) is 1.17. The number of carbonyl (C=O) groups excluding carboxylic acids is 2. The Labute approximate surface area is 205 Å².